The normalized spacial score (nSPS) is 14.2. The molecule has 0 saturated carbocycles. The predicted molar refractivity (Wildman–Crippen MR) is 38.5 cm³/mol. The van der Waals surface area contributed by atoms with Gasteiger partial charge >= 0.3 is 0 Å². The summed E-state index contributed by atoms with van der Waals surface area (Å²) in [6, 6.07) is -1.51. The molecule has 0 aromatic heterocycles. The molecule has 0 bridgehead atoms. The highest BCUT2D eigenvalue weighted by Crippen LogP contribution is 2.18. The molecule has 0 aliphatic rings. The van der Waals surface area contributed by atoms with Gasteiger partial charge in [-0.3, -0.25) is 0 Å². The van der Waals surface area contributed by atoms with E-state index in [0.29, 0.717) is 0 Å². The molecule has 0 aliphatic heterocycles. The van der Waals surface area contributed by atoms with Gasteiger partial charge in [0.15, 0.2) is 0 Å². The molecule has 0 aliphatic carbocycles. The number of anilines is 1. The van der Waals surface area contributed by atoms with Crippen LogP contribution < -0.4 is 5.73 Å². The monoisotopic (exact) mass is 192 g/mol. The number of hydrogen-bond donors (Lipinski definition) is 1. The van der Waals surface area contributed by atoms with Gasteiger partial charge in [0.1, 0.15) is 5.82 Å². The molecular weight excluding hydrogens is 185 g/mol. The Kier molecular flexibility index (Phi) is 0.931. The van der Waals surface area contributed by atoms with Gasteiger partial charge in [0, 0.05) is 10.2 Å². The molecule has 9 heavy (non-hydrogen) atoms. The highest BCUT2D eigenvalue weighted by molar-refractivity contribution is 9.10. The average Bonchev–Trinajstić information content (AvgIpc) is 2.08. The minimum absolute atomic E-state index is 0.0287. The fourth-order valence-electron chi connectivity index (χ4n) is 0.372. The molecule has 48 valence electrons. The van der Waals surface area contributed by atoms with E-state index in [1.165, 1.54) is 0 Å². The van der Waals surface area contributed by atoms with Crippen molar-refractivity contribution in [1.82, 2.24) is 0 Å². The second-order valence-corrected chi connectivity index (χ2v) is 2.21. The molecule has 0 amide bonds. The number of hydrogen-bond acceptors (Lipinski definition) is 1. The first kappa shape index (κ1) is 3.56. The van der Waals surface area contributed by atoms with Crippen molar-refractivity contribution in [3.63, 3.8) is 0 Å². The summed E-state index contributed by atoms with van der Waals surface area (Å²) < 4.78 is 34.2. The standard InChI is InChI=1S/C6H5BrFN/c7-5-3-4(8)1-2-6(5)9/h1-3H,9H2/i1D,2D,3D. The van der Waals surface area contributed by atoms with Crippen molar-refractivity contribution < 1.29 is 8.50 Å². The van der Waals surface area contributed by atoms with Gasteiger partial charge in [0.25, 0.3) is 0 Å². The lowest BCUT2D eigenvalue weighted by Crippen LogP contribution is -1.85. The third-order valence-corrected chi connectivity index (χ3v) is 1.39. The maximum atomic E-state index is 12.9. The van der Waals surface area contributed by atoms with E-state index in [4.69, 9.17) is 9.85 Å². The summed E-state index contributed by atoms with van der Waals surface area (Å²) in [5, 5.41) is 0. The SMILES string of the molecule is [2H]c1c([2H])c(F)c([2H])c(Br)c1N. The molecule has 1 aromatic carbocycles. The molecule has 1 rings (SSSR count). The van der Waals surface area contributed by atoms with Crippen LogP contribution in [0.15, 0.2) is 22.6 Å². The predicted octanol–water partition coefficient (Wildman–Crippen LogP) is 2.17. The topological polar surface area (TPSA) is 26.0 Å². The smallest absolute Gasteiger partial charge is 0.124 e. The van der Waals surface area contributed by atoms with E-state index >= 15 is 0 Å². The Balaban J connectivity index is 3.60. The first-order chi connectivity index (χ1) is 5.46. The Morgan fingerprint density at radius 2 is 2.33 bits per heavy atom. The molecule has 0 unspecified atom stereocenters. The van der Waals surface area contributed by atoms with Gasteiger partial charge in [-0.1, -0.05) is 0 Å². The van der Waals surface area contributed by atoms with E-state index < -0.39 is 23.9 Å². The van der Waals surface area contributed by atoms with Crippen molar-refractivity contribution in [3.8, 4) is 0 Å². The van der Waals surface area contributed by atoms with Crippen LogP contribution in [-0.4, -0.2) is 0 Å². The molecule has 0 saturated heterocycles. The quantitative estimate of drug-likeness (QED) is 0.627. The number of benzene rings is 1. The largest absolute Gasteiger partial charge is 0.398 e. The summed E-state index contributed by atoms with van der Waals surface area (Å²) in [6.07, 6.45) is 0. The molecule has 2 N–H and O–H groups in total. The van der Waals surface area contributed by atoms with Crippen LogP contribution in [0.5, 0.6) is 0 Å². The summed E-state index contributed by atoms with van der Waals surface area (Å²) in [4.78, 5) is 0. The minimum atomic E-state index is -1.03. The Labute approximate surface area is 65.0 Å². The van der Waals surface area contributed by atoms with Crippen LogP contribution in [0.25, 0.3) is 0 Å². The van der Waals surface area contributed by atoms with E-state index in [9.17, 15) is 4.39 Å². The Morgan fingerprint density at radius 3 is 3.00 bits per heavy atom. The average molecular weight is 193 g/mol. The van der Waals surface area contributed by atoms with Crippen LogP contribution in [-0.2, 0) is 0 Å². The van der Waals surface area contributed by atoms with Crippen LogP contribution in [0, 0.1) is 5.82 Å². The summed E-state index contributed by atoms with van der Waals surface area (Å²) >= 11 is 2.86. The number of nitrogens with two attached hydrogens (primary N) is 1. The molecule has 0 atom stereocenters. The Hall–Kier alpha value is -0.570. The zero-order chi connectivity index (χ0) is 9.46. The van der Waals surface area contributed by atoms with Crippen LogP contribution >= 0.6 is 15.9 Å². The zero-order valence-electron chi connectivity index (χ0n) is 7.33. The molecule has 1 aromatic rings. The van der Waals surface area contributed by atoms with E-state index in [1.54, 1.807) is 0 Å². The lowest BCUT2D eigenvalue weighted by molar-refractivity contribution is 0.627. The van der Waals surface area contributed by atoms with E-state index in [2.05, 4.69) is 15.9 Å². The lowest BCUT2D eigenvalue weighted by Gasteiger charge is -1.94. The number of nitrogen functional groups attached to an aromatic ring is 1. The van der Waals surface area contributed by atoms with Gasteiger partial charge in [-0.2, -0.15) is 0 Å². The maximum absolute atomic E-state index is 12.9. The Morgan fingerprint density at radius 1 is 1.67 bits per heavy atom. The number of halogens is 2. The second-order valence-electron chi connectivity index (χ2n) is 1.42. The third-order valence-electron chi connectivity index (χ3n) is 0.763. The van der Waals surface area contributed by atoms with Gasteiger partial charge in [0.2, 0.25) is 0 Å². The molecule has 0 radical (unpaired) electrons. The second kappa shape index (κ2) is 2.35. The van der Waals surface area contributed by atoms with Crippen molar-refractivity contribution in [2.45, 2.75) is 0 Å². The van der Waals surface area contributed by atoms with Crippen molar-refractivity contribution in [1.29, 1.82) is 0 Å². The maximum Gasteiger partial charge on any atom is 0.124 e. The highest BCUT2D eigenvalue weighted by Gasteiger charge is 1.94. The Bertz CT molecular complexity index is 237. The summed E-state index contributed by atoms with van der Waals surface area (Å²) in [5.74, 6) is -1.03. The van der Waals surface area contributed by atoms with Gasteiger partial charge in [-0.15, -0.1) is 0 Å². The third kappa shape index (κ3) is 1.42. The fourth-order valence-corrected chi connectivity index (χ4v) is 0.645. The van der Waals surface area contributed by atoms with Crippen LogP contribution in [0.1, 0.15) is 4.11 Å². The van der Waals surface area contributed by atoms with Crippen molar-refractivity contribution in [2.75, 3.05) is 5.73 Å². The molecular formula is C6H5BrFN. The van der Waals surface area contributed by atoms with Gasteiger partial charge in [-0.05, 0) is 34.1 Å². The van der Waals surface area contributed by atoms with E-state index in [-0.39, 0.29) is 10.2 Å². The van der Waals surface area contributed by atoms with Crippen molar-refractivity contribution in [3.05, 3.63) is 28.4 Å². The van der Waals surface area contributed by atoms with Gasteiger partial charge < -0.3 is 5.73 Å². The molecule has 0 heterocycles. The summed E-state index contributed by atoms with van der Waals surface area (Å²) in [5.41, 5.74) is 5.23. The number of rotatable bonds is 0. The molecule has 0 spiro atoms. The van der Waals surface area contributed by atoms with E-state index in [1.807, 2.05) is 0 Å². The molecule has 0 fully saturated rings. The first-order valence-electron chi connectivity index (χ1n) is 3.67. The van der Waals surface area contributed by atoms with Crippen molar-refractivity contribution >= 4 is 21.6 Å². The highest BCUT2D eigenvalue weighted by atomic mass is 79.9. The summed E-state index contributed by atoms with van der Waals surface area (Å²) in [6.45, 7) is 0. The van der Waals surface area contributed by atoms with Crippen LogP contribution in [0.4, 0.5) is 10.1 Å². The lowest BCUT2D eigenvalue weighted by atomic mass is 10.3. The summed E-state index contributed by atoms with van der Waals surface area (Å²) in [7, 11) is 0. The van der Waals surface area contributed by atoms with Crippen molar-refractivity contribution in [2.24, 2.45) is 0 Å². The minimum Gasteiger partial charge on any atom is -0.398 e. The van der Waals surface area contributed by atoms with Crippen LogP contribution in [0.3, 0.4) is 0 Å². The molecule has 1 nitrogen and oxygen atoms in total. The van der Waals surface area contributed by atoms with E-state index in [0.717, 1.165) is 0 Å². The fraction of sp³-hybridized carbons (Fsp3) is 0. The van der Waals surface area contributed by atoms with Gasteiger partial charge in [0.05, 0.1) is 4.11 Å². The molecule has 3 heteroatoms. The van der Waals surface area contributed by atoms with Gasteiger partial charge in [-0.25, -0.2) is 4.39 Å². The van der Waals surface area contributed by atoms with Crippen LogP contribution in [0.2, 0.25) is 0 Å². The first-order valence-corrected chi connectivity index (χ1v) is 2.96. The zero-order valence-corrected chi connectivity index (χ0v) is 5.92.